The van der Waals surface area contributed by atoms with Crippen molar-refractivity contribution in [2.24, 2.45) is 0 Å². The summed E-state index contributed by atoms with van der Waals surface area (Å²) < 4.78 is 0. The molecule has 1 aliphatic rings. The number of carbonyl (C=O) groups is 1. The molecule has 1 saturated carbocycles. The molecule has 0 aromatic rings. The Morgan fingerprint density at radius 3 is 2.64 bits per heavy atom. The van der Waals surface area contributed by atoms with Gasteiger partial charge < -0.3 is 10.3 Å². The molecular formula is C7H13NO3. The molecule has 0 spiro atoms. The summed E-state index contributed by atoms with van der Waals surface area (Å²) in [7, 11) is 0. The van der Waals surface area contributed by atoms with Crippen LogP contribution in [0, 0.1) is 0 Å². The van der Waals surface area contributed by atoms with E-state index in [2.05, 4.69) is 5.48 Å². The second kappa shape index (κ2) is 2.89. The van der Waals surface area contributed by atoms with Crippen LogP contribution in [-0.4, -0.2) is 27.7 Å². The molecule has 11 heavy (non-hydrogen) atoms. The first-order valence-corrected chi connectivity index (χ1v) is 3.71. The number of aliphatic hydroxyl groups is 1. The topological polar surface area (TPSA) is 69.6 Å². The monoisotopic (exact) mass is 159 g/mol. The standard InChI is InChI=1S/C7H13NO3/c1-5(9)7(10)3-2-6(4-7)8-11/h6,8,10-11H,2-4H2,1H3/t6-,7-/m1/s1. The number of nitrogens with one attached hydrogen (secondary N) is 1. The summed E-state index contributed by atoms with van der Waals surface area (Å²) in [6.45, 7) is 1.37. The van der Waals surface area contributed by atoms with Crippen LogP contribution >= 0.6 is 0 Å². The van der Waals surface area contributed by atoms with Crippen LogP contribution in [0.25, 0.3) is 0 Å². The van der Waals surface area contributed by atoms with E-state index in [1.54, 1.807) is 0 Å². The Labute approximate surface area is 65.2 Å². The smallest absolute Gasteiger partial charge is 0.161 e. The fraction of sp³-hybridized carbons (Fsp3) is 0.857. The third-order valence-corrected chi connectivity index (χ3v) is 2.33. The zero-order chi connectivity index (χ0) is 8.48. The van der Waals surface area contributed by atoms with Gasteiger partial charge in [-0.3, -0.25) is 4.79 Å². The van der Waals surface area contributed by atoms with E-state index in [0.29, 0.717) is 19.3 Å². The Bertz CT molecular complexity index is 171. The molecule has 4 heteroatoms. The van der Waals surface area contributed by atoms with Gasteiger partial charge in [-0.2, -0.15) is 0 Å². The fourth-order valence-electron chi connectivity index (χ4n) is 1.45. The van der Waals surface area contributed by atoms with Gasteiger partial charge in [0.15, 0.2) is 5.78 Å². The molecule has 0 radical (unpaired) electrons. The van der Waals surface area contributed by atoms with Gasteiger partial charge in [-0.15, -0.1) is 0 Å². The fourth-order valence-corrected chi connectivity index (χ4v) is 1.45. The summed E-state index contributed by atoms with van der Waals surface area (Å²) >= 11 is 0. The van der Waals surface area contributed by atoms with E-state index < -0.39 is 5.60 Å². The molecular weight excluding hydrogens is 146 g/mol. The van der Waals surface area contributed by atoms with Crippen LogP contribution in [0.5, 0.6) is 0 Å². The summed E-state index contributed by atoms with van der Waals surface area (Å²) in [5, 5.41) is 18.1. The first-order valence-electron chi connectivity index (χ1n) is 3.71. The maximum absolute atomic E-state index is 10.9. The maximum atomic E-state index is 10.9. The first-order chi connectivity index (χ1) is 5.08. The quantitative estimate of drug-likeness (QED) is 0.489. The number of Topliss-reactive ketones (excluding diaryl/α,β-unsaturated/α-hetero) is 1. The van der Waals surface area contributed by atoms with Gasteiger partial charge in [0.2, 0.25) is 0 Å². The molecule has 2 atom stereocenters. The molecule has 0 unspecified atom stereocenters. The molecule has 3 N–H and O–H groups in total. The largest absolute Gasteiger partial charge is 0.382 e. The Morgan fingerprint density at radius 1 is 1.73 bits per heavy atom. The van der Waals surface area contributed by atoms with Gasteiger partial charge in [0.1, 0.15) is 5.60 Å². The van der Waals surface area contributed by atoms with Crippen molar-refractivity contribution in [2.75, 3.05) is 0 Å². The number of ketones is 1. The molecule has 1 aliphatic carbocycles. The van der Waals surface area contributed by atoms with Crippen molar-refractivity contribution in [1.82, 2.24) is 5.48 Å². The highest BCUT2D eigenvalue weighted by molar-refractivity contribution is 5.85. The Kier molecular flexibility index (Phi) is 2.27. The highest BCUT2D eigenvalue weighted by atomic mass is 16.5. The van der Waals surface area contributed by atoms with Crippen LogP contribution in [0.3, 0.4) is 0 Å². The van der Waals surface area contributed by atoms with Crippen molar-refractivity contribution in [3.8, 4) is 0 Å². The minimum Gasteiger partial charge on any atom is -0.382 e. The van der Waals surface area contributed by atoms with Crippen molar-refractivity contribution in [1.29, 1.82) is 0 Å². The van der Waals surface area contributed by atoms with Crippen LogP contribution in [0.4, 0.5) is 0 Å². The Hall–Kier alpha value is -0.450. The second-order valence-electron chi connectivity index (χ2n) is 3.16. The predicted molar refractivity (Wildman–Crippen MR) is 38.2 cm³/mol. The van der Waals surface area contributed by atoms with Gasteiger partial charge in [-0.05, 0) is 19.8 Å². The normalized spacial score (nSPS) is 37.5. The third kappa shape index (κ3) is 1.58. The van der Waals surface area contributed by atoms with E-state index in [4.69, 9.17) is 5.21 Å². The van der Waals surface area contributed by atoms with Gasteiger partial charge in [-0.1, -0.05) is 0 Å². The molecule has 0 aromatic carbocycles. The van der Waals surface area contributed by atoms with Gasteiger partial charge in [0.05, 0.1) is 0 Å². The summed E-state index contributed by atoms with van der Waals surface area (Å²) in [6, 6.07) is -0.135. The van der Waals surface area contributed by atoms with Gasteiger partial charge in [-0.25, -0.2) is 5.48 Å². The molecule has 0 saturated heterocycles. The van der Waals surface area contributed by atoms with Crippen molar-refractivity contribution < 1.29 is 15.1 Å². The van der Waals surface area contributed by atoms with E-state index in [9.17, 15) is 9.90 Å². The number of hydrogen-bond donors (Lipinski definition) is 3. The summed E-state index contributed by atoms with van der Waals surface area (Å²) in [6.07, 6.45) is 1.41. The molecule has 0 bridgehead atoms. The van der Waals surface area contributed by atoms with Crippen LogP contribution < -0.4 is 5.48 Å². The van der Waals surface area contributed by atoms with E-state index in [1.165, 1.54) is 6.92 Å². The lowest BCUT2D eigenvalue weighted by atomic mass is 9.98. The molecule has 64 valence electrons. The van der Waals surface area contributed by atoms with Gasteiger partial charge >= 0.3 is 0 Å². The summed E-state index contributed by atoms with van der Waals surface area (Å²) in [5.74, 6) is -0.213. The summed E-state index contributed by atoms with van der Waals surface area (Å²) in [4.78, 5) is 10.9. The molecule has 0 aliphatic heterocycles. The number of hydroxylamine groups is 1. The number of rotatable bonds is 2. The predicted octanol–water partition coefficient (Wildman–Crippen LogP) is -0.162. The van der Waals surface area contributed by atoms with Crippen LogP contribution in [0.1, 0.15) is 26.2 Å². The van der Waals surface area contributed by atoms with E-state index in [-0.39, 0.29) is 11.8 Å². The first kappa shape index (κ1) is 8.64. The molecule has 0 heterocycles. The van der Waals surface area contributed by atoms with Crippen LogP contribution in [-0.2, 0) is 4.79 Å². The lowest BCUT2D eigenvalue weighted by Crippen LogP contribution is -2.36. The lowest BCUT2D eigenvalue weighted by molar-refractivity contribution is -0.134. The molecule has 1 fully saturated rings. The maximum Gasteiger partial charge on any atom is 0.161 e. The highest BCUT2D eigenvalue weighted by Gasteiger charge is 2.40. The second-order valence-corrected chi connectivity index (χ2v) is 3.16. The van der Waals surface area contributed by atoms with Crippen LogP contribution in [0.15, 0.2) is 0 Å². The summed E-state index contributed by atoms with van der Waals surface area (Å²) in [5.41, 5.74) is 0.868. The highest BCUT2D eigenvalue weighted by Crippen LogP contribution is 2.30. The number of hydrogen-bond acceptors (Lipinski definition) is 4. The average Bonchev–Trinajstić information content (AvgIpc) is 2.33. The zero-order valence-corrected chi connectivity index (χ0v) is 6.50. The lowest BCUT2D eigenvalue weighted by Gasteiger charge is -2.18. The SMILES string of the molecule is CC(=O)[C@@]1(O)CC[C@@H](NO)C1. The van der Waals surface area contributed by atoms with Crippen molar-refractivity contribution in [3.63, 3.8) is 0 Å². The van der Waals surface area contributed by atoms with Crippen molar-refractivity contribution in [3.05, 3.63) is 0 Å². The average molecular weight is 159 g/mol. The molecule has 4 nitrogen and oxygen atoms in total. The minimum atomic E-state index is -1.19. The minimum absolute atomic E-state index is 0.135. The molecule has 1 rings (SSSR count). The van der Waals surface area contributed by atoms with E-state index >= 15 is 0 Å². The number of carbonyl (C=O) groups excluding carboxylic acids is 1. The zero-order valence-electron chi connectivity index (χ0n) is 6.50. The molecule has 0 aromatic heterocycles. The Balaban J connectivity index is 2.57. The molecule has 0 amide bonds. The van der Waals surface area contributed by atoms with E-state index in [1.807, 2.05) is 0 Å². The van der Waals surface area contributed by atoms with Gasteiger partial charge in [0.25, 0.3) is 0 Å². The Morgan fingerprint density at radius 2 is 2.36 bits per heavy atom. The van der Waals surface area contributed by atoms with Crippen LogP contribution in [0.2, 0.25) is 0 Å². The third-order valence-electron chi connectivity index (χ3n) is 2.33. The van der Waals surface area contributed by atoms with Crippen molar-refractivity contribution >= 4 is 5.78 Å². The van der Waals surface area contributed by atoms with Crippen molar-refractivity contribution in [2.45, 2.75) is 37.8 Å². The van der Waals surface area contributed by atoms with Gasteiger partial charge in [0, 0.05) is 12.5 Å². The van der Waals surface area contributed by atoms with E-state index in [0.717, 1.165) is 0 Å².